The second-order valence-electron chi connectivity index (χ2n) is 5.99. The number of carbonyl (C=O) groups excluding carboxylic acids is 2. The molecule has 1 atom stereocenters. The molecule has 0 saturated heterocycles. The summed E-state index contributed by atoms with van der Waals surface area (Å²) < 4.78 is 5.00. The molecule has 0 saturated carbocycles. The van der Waals surface area contributed by atoms with Crippen molar-refractivity contribution in [3.05, 3.63) is 59.0 Å². The Morgan fingerprint density at radius 1 is 1.21 bits per heavy atom. The van der Waals surface area contributed by atoms with Crippen LogP contribution >= 0.6 is 0 Å². The smallest absolute Gasteiger partial charge is 0.286 e. The molecule has 0 fully saturated rings. The molecule has 0 radical (unpaired) electrons. The Balaban J connectivity index is 1.73. The van der Waals surface area contributed by atoms with Crippen LogP contribution in [0.25, 0.3) is 0 Å². The van der Waals surface area contributed by atoms with Crippen LogP contribution in [-0.2, 0) is 4.79 Å². The van der Waals surface area contributed by atoms with Crippen LogP contribution in [0.3, 0.4) is 0 Å². The van der Waals surface area contributed by atoms with Crippen LogP contribution in [0.5, 0.6) is 0 Å². The second kappa shape index (κ2) is 8.34. The molecule has 0 bridgehead atoms. The quantitative estimate of drug-likeness (QED) is 0.766. The zero-order valence-electron chi connectivity index (χ0n) is 14.4. The van der Waals surface area contributed by atoms with Gasteiger partial charge in [0.25, 0.3) is 5.91 Å². The minimum Gasteiger partial charge on any atom is -0.459 e. The average molecular weight is 328 g/mol. The van der Waals surface area contributed by atoms with Crippen molar-refractivity contribution < 1.29 is 14.0 Å². The molecule has 0 aliphatic rings. The van der Waals surface area contributed by atoms with Crippen LogP contribution in [0.2, 0.25) is 0 Å². The number of benzene rings is 1. The number of hydrogen-bond donors (Lipinski definition) is 2. The third kappa shape index (κ3) is 4.98. The molecule has 1 aromatic carbocycles. The molecule has 128 valence electrons. The van der Waals surface area contributed by atoms with Gasteiger partial charge >= 0.3 is 0 Å². The van der Waals surface area contributed by atoms with Crippen LogP contribution in [-0.4, -0.2) is 18.4 Å². The maximum absolute atomic E-state index is 12.1. The molecule has 0 aliphatic carbocycles. The number of furan rings is 1. The van der Waals surface area contributed by atoms with Crippen molar-refractivity contribution in [2.75, 3.05) is 6.54 Å². The number of hydrogen-bond acceptors (Lipinski definition) is 3. The highest BCUT2D eigenvalue weighted by Gasteiger charge is 2.12. The summed E-state index contributed by atoms with van der Waals surface area (Å²) in [6.07, 6.45) is 2.41. The van der Waals surface area contributed by atoms with Gasteiger partial charge in [-0.1, -0.05) is 23.8 Å². The highest BCUT2D eigenvalue weighted by Crippen LogP contribution is 2.18. The summed E-state index contributed by atoms with van der Waals surface area (Å²) in [6, 6.07) is 9.47. The van der Waals surface area contributed by atoms with E-state index in [0.717, 1.165) is 5.56 Å². The SMILES string of the molecule is Cc1ccc(C)c([C@H](C)NC(=O)CCCNC(=O)c2ccco2)c1. The van der Waals surface area contributed by atoms with Crippen molar-refractivity contribution in [2.24, 2.45) is 0 Å². The van der Waals surface area contributed by atoms with E-state index >= 15 is 0 Å². The summed E-state index contributed by atoms with van der Waals surface area (Å²) in [6.45, 7) is 6.50. The number of carbonyl (C=O) groups is 2. The Hall–Kier alpha value is -2.56. The molecule has 1 heterocycles. The van der Waals surface area contributed by atoms with E-state index in [1.807, 2.05) is 20.8 Å². The monoisotopic (exact) mass is 328 g/mol. The highest BCUT2D eigenvalue weighted by molar-refractivity contribution is 5.91. The maximum Gasteiger partial charge on any atom is 0.286 e. The molecule has 2 N–H and O–H groups in total. The van der Waals surface area contributed by atoms with Crippen molar-refractivity contribution in [2.45, 2.75) is 39.7 Å². The van der Waals surface area contributed by atoms with Gasteiger partial charge in [-0.2, -0.15) is 0 Å². The van der Waals surface area contributed by atoms with Gasteiger partial charge < -0.3 is 15.1 Å². The lowest BCUT2D eigenvalue weighted by molar-refractivity contribution is -0.121. The topological polar surface area (TPSA) is 71.3 Å². The molecule has 1 aromatic heterocycles. The summed E-state index contributed by atoms with van der Waals surface area (Å²) >= 11 is 0. The normalized spacial score (nSPS) is 11.8. The van der Waals surface area contributed by atoms with Crippen molar-refractivity contribution in [1.29, 1.82) is 0 Å². The third-order valence-electron chi connectivity index (χ3n) is 3.89. The van der Waals surface area contributed by atoms with Gasteiger partial charge in [-0.15, -0.1) is 0 Å². The lowest BCUT2D eigenvalue weighted by Gasteiger charge is -2.17. The minimum absolute atomic E-state index is 0.0179. The van der Waals surface area contributed by atoms with E-state index in [0.29, 0.717) is 19.4 Å². The Labute approximate surface area is 142 Å². The number of aryl methyl sites for hydroxylation is 2. The van der Waals surface area contributed by atoms with E-state index in [1.54, 1.807) is 12.1 Å². The highest BCUT2D eigenvalue weighted by atomic mass is 16.3. The lowest BCUT2D eigenvalue weighted by Crippen LogP contribution is -2.29. The standard InChI is InChI=1S/C19H24N2O3/c1-13-8-9-14(2)16(12-13)15(3)21-18(22)7-4-10-20-19(23)17-6-5-11-24-17/h5-6,8-9,11-12,15H,4,7,10H2,1-3H3,(H,20,23)(H,21,22)/t15-/m0/s1. The molecule has 5 nitrogen and oxygen atoms in total. The molecule has 2 aromatic rings. The lowest BCUT2D eigenvalue weighted by atomic mass is 10.00. The zero-order chi connectivity index (χ0) is 17.5. The van der Waals surface area contributed by atoms with E-state index in [9.17, 15) is 9.59 Å². The molecule has 0 spiro atoms. The van der Waals surface area contributed by atoms with Gasteiger partial charge in [0.1, 0.15) is 0 Å². The Kier molecular flexibility index (Phi) is 6.18. The summed E-state index contributed by atoms with van der Waals surface area (Å²) in [4.78, 5) is 23.7. The van der Waals surface area contributed by atoms with Crippen molar-refractivity contribution in [3.8, 4) is 0 Å². The van der Waals surface area contributed by atoms with Gasteiger partial charge in [0.05, 0.1) is 12.3 Å². The minimum atomic E-state index is -0.260. The molecule has 24 heavy (non-hydrogen) atoms. The molecule has 2 amide bonds. The zero-order valence-corrected chi connectivity index (χ0v) is 14.4. The van der Waals surface area contributed by atoms with E-state index in [2.05, 4.69) is 28.8 Å². The van der Waals surface area contributed by atoms with Crippen LogP contribution in [0, 0.1) is 13.8 Å². The fraction of sp³-hybridized carbons (Fsp3) is 0.368. The van der Waals surface area contributed by atoms with Gasteiger partial charge in [0.2, 0.25) is 5.91 Å². The van der Waals surface area contributed by atoms with Gasteiger partial charge in [-0.3, -0.25) is 9.59 Å². The Bertz CT molecular complexity index is 693. The van der Waals surface area contributed by atoms with Crippen LogP contribution in [0.15, 0.2) is 41.0 Å². The summed E-state index contributed by atoms with van der Waals surface area (Å²) in [5, 5.41) is 5.74. The van der Waals surface area contributed by atoms with Gasteiger partial charge in [0, 0.05) is 13.0 Å². The van der Waals surface area contributed by atoms with Crippen molar-refractivity contribution >= 4 is 11.8 Å². The number of rotatable bonds is 7. The van der Waals surface area contributed by atoms with Gasteiger partial charge in [0.15, 0.2) is 5.76 Å². The first-order chi connectivity index (χ1) is 11.5. The first-order valence-corrected chi connectivity index (χ1v) is 8.15. The van der Waals surface area contributed by atoms with Crippen molar-refractivity contribution in [1.82, 2.24) is 10.6 Å². The molecule has 0 aliphatic heterocycles. The molecule has 2 rings (SSSR count). The van der Waals surface area contributed by atoms with Crippen LogP contribution < -0.4 is 10.6 Å². The van der Waals surface area contributed by atoms with E-state index in [1.165, 1.54) is 17.4 Å². The van der Waals surface area contributed by atoms with E-state index in [-0.39, 0.29) is 23.6 Å². The molecule has 0 unspecified atom stereocenters. The first-order valence-electron chi connectivity index (χ1n) is 8.15. The van der Waals surface area contributed by atoms with Crippen molar-refractivity contribution in [3.63, 3.8) is 0 Å². The fourth-order valence-corrected chi connectivity index (χ4v) is 2.56. The Morgan fingerprint density at radius 3 is 2.71 bits per heavy atom. The predicted molar refractivity (Wildman–Crippen MR) is 92.7 cm³/mol. The summed E-state index contributed by atoms with van der Waals surface area (Å²) in [5.41, 5.74) is 3.48. The number of nitrogens with one attached hydrogen (secondary N) is 2. The van der Waals surface area contributed by atoms with E-state index < -0.39 is 0 Å². The Morgan fingerprint density at radius 2 is 2.00 bits per heavy atom. The molecule has 5 heteroatoms. The first kappa shape index (κ1) is 17.8. The number of amides is 2. The summed E-state index contributed by atoms with van der Waals surface area (Å²) in [5.74, 6) is 0.00260. The second-order valence-corrected chi connectivity index (χ2v) is 5.99. The van der Waals surface area contributed by atoms with Gasteiger partial charge in [-0.25, -0.2) is 0 Å². The third-order valence-corrected chi connectivity index (χ3v) is 3.89. The van der Waals surface area contributed by atoms with Gasteiger partial charge in [-0.05, 0) is 50.5 Å². The largest absolute Gasteiger partial charge is 0.459 e. The van der Waals surface area contributed by atoms with Crippen LogP contribution in [0.1, 0.15) is 53.1 Å². The molecular formula is C19H24N2O3. The molecular weight excluding hydrogens is 304 g/mol. The average Bonchev–Trinajstić information content (AvgIpc) is 3.08. The predicted octanol–water partition coefficient (Wildman–Crippen LogP) is 3.28. The van der Waals surface area contributed by atoms with E-state index in [4.69, 9.17) is 4.42 Å². The fourth-order valence-electron chi connectivity index (χ4n) is 2.56. The maximum atomic E-state index is 12.1. The summed E-state index contributed by atoms with van der Waals surface area (Å²) in [7, 11) is 0. The van der Waals surface area contributed by atoms with Crippen LogP contribution in [0.4, 0.5) is 0 Å².